The highest BCUT2D eigenvalue weighted by Crippen LogP contribution is 2.36. The van der Waals surface area contributed by atoms with Crippen LogP contribution in [0.5, 0.6) is 0 Å². The van der Waals surface area contributed by atoms with Crippen LogP contribution in [0.25, 0.3) is 0 Å². The lowest BCUT2D eigenvalue weighted by Gasteiger charge is -2.05. The zero-order chi connectivity index (χ0) is 17.8. The Kier molecular flexibility index (Phi) is 6.07. The van der Waals surface area contributed by atoms with Gasteiger partial charge in [-0.05, 0) is 24.9 Å². The minimum Gasteiger partial charge on any atom is -0.354 e. The van der Waals surface area contributed by atoms with Crippen molar-refractivity contribution in [3.63, 3.8) is 0 Å². The van der Waals surface area contributed by atoms with Gasteiger partial charge in [-0.15, -0.1) is 0 Å². The van der Waals surface area contributed by atoms with Crippen molar-refractivity contribution in [2.75, 3.05) is 6.54 Å². The van der Waals surface area contributed by atoms with Gasteiger partial charge in [0.25, 0.3) is 0 Å². The molecule has 23 heavy (non-hydrogen) atoms. The van der Waals surface area contributed by atoms with Gasteiger partial charge in [-0.25, -0.2) is 0 Å². The third-order valence-electron chi connectivity index (χ3n) is 2.79. The lowest BCUT2D eigenvalue weighted by atomic mass is 10.3. The Hall–Kier alpha value is -2.17. The largest absolute Gasteiger partial charge is 0.442 e. The van der Waals surface area contributed by atoms with E-state index in [0.29, 0.717) is 4.68 Å². The van der Waals surface area contributed by atoms with E-state index < -0.39 is 40.2 Å². The molecule has 1 N–H and O–H groups in total. The summed E-state index contributed by atoms with van der Waals surface area (Å²) in [6.07, 6.45) is -4.71. The van der Waals surface area contributed by atoms with Crippen molar-refractivity contribution in [1.82, 2.24) is 15.1 Å². The molecule has 128 valence electrons. The number of hydrogen-bond acceptors (Lipinski definition) is 5. The molecule has 12 heteroatoms. The molecule has 0 fully saturated rings. The normalized spacial score (nSPS) is 11.3. The van der Waals surface area contributed by atoms with Crippen LogP contribution in [0.3, 0.4) is 0 Å². The molecular weight excluding hydrogens is 345 g/mol. The predicted octanol–water partition coefficient (Wildman–Crippen LogP) is 1.78. The fourth-order valence-corrected chi connectivity index (χ4v) is 1.88. The summed E-state index contributed by atoms with van der Waals surface area (Å²) in [6.45, 7) is 0.545. The average molecular weight is 357 g/mol. The second-order valence-electron chi connectivity index (χ2n) is 4.50. The molecular formula is C11H12ClF3N4O4. The van der Waals surface area contributed by atoms with E-state index in [1.807, 2.05) is 0 Å². The van der Waals surface area contributed by atoms with Crippen LogP contribution in [0, 0.1) is 17.0 Å². The van der Waals surface area contributed by atoms with E-state index in [1.165, 1.54) is 0 Å². The van der Waals surface area contributed by atoms with Crippen LogP contribution in [0.1, 0.15) is 24.2 Å². The minimum absolute atomic E-state index is 0.0341. The van der Waals surface area contributed by atoms with Crippen LogP contribution < -0.4 is 5.32 Å². The molecule has 0 aliphatic rings. The van der Waals surface area contributed by atoms with Gasteiger partial charge in [0.2, 0.25) is 16.8 Å². The predicted molar refractivity (Wildman–Crippen MR) is 71.7 cm³/mol. The van der Waals surface area contributed by atoms with Crippen LogP contribution in [0.2, 0.25) is 0 Å². The first-order chi connectivity index (χ1) is 10.5. The average Bonchev–Trinajstić information content (AvgIpc) is 2.72. The first kappa shape index (κ1) is 18.9. The molecule has 0 radical (unpaired) electrons. The molecule has 0 spiro atoms. The van der Waals surface area contributed by atoms with E-state index >= 15 is 0 Å². The number of nitro groups is 1. The minimum atomic E-state index is -5.00. The van der Waals surface area contributed by atoms with Gasteiger partial charge in [-0.2, -0.15) is 18.3 Å². The van der Waals surface area contributed by atoms with Crippen molar-refractivity contribution < 1.29 is 27.7 Å². The van der Waals surface area contributed by atoms with E-state index in [-0.39, 0.29) is 25.1 Å². The summed E-state index contributed by atoms with van der Waals surface area (Å²) in [7, 11) is 0. The zero-order valence-corrected chi connectivity index (χ0v) is 12.6. The molecule has 0 aliphatic heterocycles. The van der Waals surface area contributed by atoms with Crippen molar-refractivity contribution in [3.05, 3.63) is 21.5 Å². The van der Waals surface area contributed by atoms with Gasteiger partial charge in [0.1, 0.15) is 12.2 Å². The van der Waals surface area contributed by atoms with E-state index in [0.717, 1.165) is 6.92 Å². The Morgan fingerprint density at radius 1 is 1.43 bits per heavy atom. The van der Waals surface area contributed by atoms with E-state index in [9.17, 15) is 32.9 Å². The standard InChI is InChI=1S/C11H12ClF3N4O4/c1-6-9(19(22)23)10(11(13,14)15)17-18(6)5-8(21)16-4-2-3-7(12)20/h2-5H2,1H3,(H,16,21). The number of amides is 1. The lowest BCUT2D eigenvalue weighted by Crippen LogP contribution is -2.29. The first-order valence-corrected chi connectivity index (χ1v) is 6.65. The molecule has 1 rings (SSSR count). The summed E-state index contributed by atoms with van der Waals surface area (Å²) in [5.41, 5.74) is -3.22. The van der Waals surface area contributed by atoms with Crippen LogP contribution in [-0.4, -0.2) is 32.4 Å². The molecule has 1 heterocycles. The van der Waals surface area contributed by atoms with Crippen molar-refractivity contribution in [3.8, 4) is 0 Å². The zero-order valence-electron chi connectivity index (χ0n) is 11.8. The lowest BCUT2D eigenvalue weighted by molar-refractivity contribution is -0.388. The Labute approximate surface area is 132 Å². The van der Waals surface area contributed by atoms with Gasteiger partial charge in [0.15, 0.2) is 0 Å². The fourth-order valence-electron chi connectivity index (χ4n) is 1.75. The van der Waals surface area contributed by atoms with Gasteiger partial charge >= 0.3 is 11.9 Å². The number of carbonyl (C=O) groups is 2. The molecule has 1 amide bonds. The van der Waals surface area contributed by atoms with E-state index in [1.54, 1.807) is 0 Å². The van der Waals surface area contributed by atoms with Gasteiger partial charge < -0.3 is 5.32 Å². The number of halogens is 4. The third-order valence-corrected chi connectivity index (χ3v) is 2.98. The maximum Gasteiger partial charge on any atom is 0.442 e. The highest BCUT2D eigenvalue weighted by Gasteiger charge is 2.44. The van der Waals surface area contributed by atoms with Crippen molar-refractivity contribution in [1.29, 1.82) is 0 Å². The van der Waals surface area contributed by atoms with Crippen LogP contribution in [0.15, 0.2) is 0 Å². The Morgan fingerprint density at radius 3 is 2.48 bits per heavy atom. The molecule has 0 aliphatic carbocycles. The highest BCUT2D eigenvalue weighted by atomic mass is 35.5. The molecule has 0 aromatic carbocycles. The number of alkyl halides is 3. The monoisotopic (exact) mass is 356 g/mol. The molecule has 0 bridgehead atoms. The number of hydrogen-bond donors (Lipinski definition) is 1. The molecule has 0 saturated heterocycles. The van der Waals surface area contributed by atoms with Gasteiger partial charge in [-0.1, -0.05) is 0 Å². The maximum atomic E-state index is 12.7. The van der Waals surface area contributed by atoms with Gasteiger partial charge in [0.05, 0.1) is 4.92 Å². The second kappa shape index (κ2) is 7.40. The maximum absolute atomic E-state index is 12.7. The molecule has 0 unspecified atom stereocenters. The van der Waals surface area contributed by atoms with Gasteiger partial charge in [0, 0.05) is 13.0 Å². The Morgan fingerprint density at radius 2 is 2.04 bits per heavy atom. The number of nitrogens with zero attached hydrogens (tertiary/aromatic N) is 3. The summed E-state index contributed by atoms with van der Waals surface area (Å²) >= 11 is 5.10. The van der Waals surface area contributed by atoms with Crippen LogP contribution >= 0.6 is 11.6 Å². The van der Waals surface area contributed by atoms with Crippen LogP contribution in [-0.2, 0) is 22.3 Å². The molecule has 1 aromatic rings. The molecule has 1 aromatic heterocycles. The summed E-state index contributed by atoms with van der Waals surface area (Å²) in [5.74, 6) is -0.693. The Balaban J connectivity index is 2.83. The van der Waals surface area contributed by atoms with Crippen molar-refractivity contribution in [2.24, 2.45) is 0 Å². The smallest absolute Gasteiger partial charge is 0.354 e. The second-order valence-corrected chi connectivity index (χ2v) is 4.93. The topological polar surface area (TPSA) is 107 Å². The fraction of sp³-hybridized carbons (Fsp3) is 0.545. The third kappa shape index (κ3) is 5.20. The molecule has 0 atom stereocenters. The molecule has 8 nitrogen and oxygen atoms in total. The number of carbonyl (C=O) groups excluding carboxylic acids is 2. The van der Waals surface area contributed by atoms with E-state index in [2.05, 4.69) is 10.4 Å². The summed E-state index contributed by atoms with van der Waals surface area (Å²) in [6, 6.07) is 0. The van der Waals surface area contributed by atoms with Crippen molar-refractivity contribution in [2.45, 2.75) is 32.5 Å². The van der Waals surface area contributed by atoms with Crippen molar-refractivity contribution >= 4 is 28.4 Å². The number of aromatic nitrogens is 2. The summed E-state index contributed by atoms with van der Waals surface area (Å²) < 4.78 is 38.8. The Bertz CT molecular complexity index is 630. The van der Waals surface area contributed by atoms with Crippen LogP contribution in [0.4, 0.5) is 18.9 Å². The molecule has 0 saturated carbocycles. The summed E-state index contributed by atoms with van der Waals surface area (Å²) in [5, 5.41) is 15.7. The SMILES string of the molecule is Cc1c([N+](=O)[O-])c(C(F)(F)F)nn1CC(=O)NCCCC(=O)Cl. The quantitative estimate of drug-likeness (QED) is 0.347. The van der Waals surface area contributed by atoms with Gasteiger partial charge in [-0.3, -0.25) is 24.4 Å². The number of rotatable bonds is 7. The van der Waals surface area contributed by atoms with E-state index in [4.69, 9.17) is 11.6 Å². The highest BCUT2D eigenvalue weighted by molar-refractivity contribution is 6.63. The summed E-state index contributed by atoms with van der Waals surface area (Å²) in [4.78, 5) is 31.7. The first-order valence-electron chi connectivity index (χ1n) is 6.28. The number of nitrogens with one attached hydrogen (secondary N) is 1.